The molecule has 0 radical (unpaired) electrons. The van der Waals surface area contributed by atoms with Crippen LogP contribution in [0.4, 0.5) is 8.78 Å². The number of alkyl halides is 2. The van der Waals surface area contributed by atoms with Gasteiger partial charge in [-0.25, -0.2) is 8.78 Å². The molecule has 1 saturated heterocycles. The minimum atomic E-state index is -2.58. The SMILES string of the molecule is CC(C)(C)NC(=O)c1n[nH]c2ccc(-c3cncc(CN4CC(F)(F)C4)c3)cc12. The van der Waals surface area contributed by atoms with E-state index < -0.39 is 5.92 Å². The molecule has 2 aromatic heterocycles. The highest BCUT2D eigenvalue weighted by molar-refractivity contribution is 6.05. The second-order valence-corrected chi connectivity index (χ2v) is 8.62. The number of carbonyl (C=O) groups excluding carboxylic acids is 1. The van der Waals surface area contributed by atoms with Gasteiger partial charge in [0.1, 0.15) is 0 Å². The average molecular weight is 399 g/mol. The van der Waals surface area contributed by atoms with E-state index in [0.29, 0.717) is 12.2 Å². The van der Waals surface area contributed by atoms with Crippen molar-refractivity contribution < 1.29 is 13.6 Å². The van der Waals surface area contributed by atoms with Crippen LogP contribution in [-0.4, -0.2) is 50.5 Å². The Morgan fingerprint density at radius 3 is 2.66 bits per heavy atom. The van der Waals surface area contributed by atoms with Gasteiger partial charge in [0.2, 0.25) is 0 Å². The predicted molar refractivity (Wildman–Crippen MR) is 107 cm³/mol. The van der Waals surface area contributed by atoms with Crippen LogP contribution in [0.25, 0.3) is 22.0 Å². The maximum atomic E-state index is 13.1. The van der Waals surface area contributed by atoms with Crippen LogP contribution >= 0.6 is 0 Å². The second-order valence-electron chi connectivity index (χ2n) is 8.62. The Hall–Kier alpha value is -2.87. The molecule has 2 N–H and O–H groups in total. The lowest BCUT2D eigenvalue weighted by atomic mass is 10.0. The van der Waals surface area contributed by atoms with Gasteiger partial charge in [-0.15, -0.1) is 0 Å². The Kier molecular flexibility index (Phi) is 4.61. The molecule has 1 amide bonds. The summed E-state index contributed by atoms with van der Waals surface area (Å²) < 4.78 is 26.1. The fraction of sp³-hybridized carbons (Fsp3) is 0.381. The third kappa shape index (κ3) is 4.27. The van der Waals surface area contributed by atoms with E-state index in [9.17, 15) is 13.6 Å². The molecule has 4 rings (SSSR count). The van der Waals surface area contributed by atoms with Crippen LogP contribution in [0.3, 0.4) is 0 Å². The number of hydrogen-bond donors (Lipinski definition) is 2. The summed E-state index contributed by atoms with van der Waals surface area (Å²) in [6.07, 6.45) is 3.42. The minimum Gasteiger partial charge on any atom is -0.346 e. The smallest absolute Gasteiger partial charge is 0.272 e. The van der Waals surface area contributed by atoms with Crippen molar-refractivity contribution >= 4 is 16.8 Å². The number of pyridine rings is 1. The Bertz CT molecular complexity index is 1060. The number of H-pyrrole nitrogens is 1. The fourth-order valence-corrected chi connectivity index (χ4v) is 3.48. The quantitative estimate of drug-likeness (QED) is 0.703. The molecule has 29 heavy (non-hydrogen) atoms. The molecule has 6 nitrogen and oxygen atoms in total. The largest absolute Gasteiger partial charge is 0.346 e. The molecule has 0 bridgehead atoms. The van der Waals surface area contributed by atoms with Gasteiger partial charge in [0.05, 0.1) is 18.6 Å². The second kappa shape index (κ2) is 6.88. The van der Waals surface area contributed by atoms with Crippen molar-refractivity contribution in [3.63, 3.8) is 0 Å². The highest BCUT2D eigenvalue weighted by Crippen LogP contribution is 2.29. The minimum absolute atomic E-state index is 0.218. The van der Waals surface area contributed by atoms with Crippen LogP contribution in [0.1, 0.15) is 36.8 Å². The molecule has 0 aliphatic carbocycles. The van der Waals surface area contributed by atoms with Crippen LogP contribution in [-0.2, 0) is 6.54 Å². The summed E-state index contributed by atoms with van der Waals surface area (Å²) in [5, 5.41) is 10.7. The molecule has 3 aromatic rings. The van der Waals surface area contributed by atoms with E-state index in [0.717, 1.165) is 27.6 Å². The first-order chi connectivity index (χ1) is 13.6. The zero-order valence-corrected chi connectivity index (χ0v) is 16.6. The standard InChI is InChI=1S/C21H23F2N5O/c1-20(2,3)25-19(29)18-16-7-14(4-5-17(16)26-27-18)15-6-13(8-24-9-15)10-28-11-21(22,23)12-28/h4-9H,10-12H2,1-3H3,(H,25,29)(H,26,27). The molecule has 0 saturated carbocycles. The molecule has 1 aliphatic heterocycles. The number of aromatic amines is 1. The van der Waals surface area contributed by atoms with Gasteiger partial charge in [0.25, 0.3) is 11.8 Å². The van der Waals surface area contributed by atoms with Crippen molar-refractivity contribution in [2.75, 3.05) is 13.1 Å². The van der Waals surface area contributed by atoms with Gasteiger partial charge in [0, 0.05) is 35.4 Å². The van der Waals surface area contributed by atoms with E-state index in [1.807, 2.05) is 45.0 Å². The molecule has 1 fully saturated rings. The number of halogens is 2. The van der Waals surface area contributed by atoms with Crippen LogP contribution < -0.4 is 5.32 Å². The number of hydrogen-bond acceptors (Lipinski definition) is 4. The van der Waals surface area contributed by atoms with Crippen molar-refractivity contribution in [3.05, 3.63) is 47.9 Å². The van der Waals surface area contributed by atoms with Crippen molar-refractivity contribution in [1.82, 2.24) is 25.4 Å². The van der Waals surface area contributed by atoms with E-state index >= 15 is 0 Å². The monoisotopic (exact) mass is 399 g/mol. The molecule has 1 aromatic carbocycles. The van der Waals surface area contributed by atoms with Gasteiger partial charge in [-0.05, 0) is 50.1 Å². The van der Waals surface area contributed by atoms with Gasteiger partial charge in [-0.1, -0.05) is 6.07 Å². The molecule has 0 atom stereocenters. The van der Waals surface area contributed by atoms with Gasteiger partial charge in [-0.2, -0.15) is 5.10 Å². The summed E-state index contributed by atoms with van der Waals surface area (Å²) in [5.74, 6) is -2.83. The molecule has 0 unspecified atom stereocenters. The number of nitrogens with one attached hydrogen (secondary N) is 2. The molecular formula is C21H23F2N5O. The molecule has 1 aliphatic rings. The number of likely N-dealkylation sites (tertiary alicyclic amines) is 1. The van der Waals surface area contributed by atoms with Crippen LogP contribution in [0.15, 0.2) is 36.7 Å². The predicted octanol–water partition coefficient (Wildman–Crippen LogP) is 3.60. The number of amides is 1. The Labute approximate surface area is 167 Å². The Balaban J connectivity index is 1.60. The first-order valence-corrected chi connectivity index (χ1v) is 9.45. The summed E-state index contributed by atoms with van der Waals surface area (Å²) in [5.41, 5.74) is 3.35. The lowest BCUT2D eigenvalue weighted by Gasteiger charge is -2.38. The van der Waals surface area contributed by atoms with Gasteiger partial charge < -0.3 is 5.32 Å². The number of rotatable bonds is 4. The normalized spacial score (nSPS) is 16.6. The number of carbonyl (C=O) groups is 1. The van der Waals surface area contributed by atoms with Crippen molar-refractivity contribution in [2.45, 2.75) is 38.8 Å². The fourth-order valence-electron chi connectivity index (χ4n) is 3.48. The summed E-state index contributed by atoms with van der Waals surface area (Å²) >= 11 is 0. The van der Waals surface area contributed by atoms with E-state index in [-0.39, 0.29) is 24.5 Å². The van der Waals surface area contributed by atoms with Gasteiger partial charge >= 0.3 is 0 Å². The zero-order valence-electron chi connectivity index (χ0n) is 16.6. The third-order valence-corrected chi connectivity index (χ3v) is 4.71. The molecule has 0 spiro atoms. The molecule has 3 heterocycles. The number of fused-ring (bicyclic) bond motifs is 1. The molecule has 152 valence electrons. The van der Waals surface area contributed by atoms with Crippen molar-refractivity contribution in [1.29, 1.82) is 0 Å². The first-order valence-electron chi connectivity index (χ1n) is 9.45. The Morgan fingerprint density at radius 1 is 1.21 bits per heavy atom. The maximum Gasteiger partial charge on any atom is 0.272 e. The summed E-state index contributed by atoms with van der Waals surface area (Å²) in [6, 6.07) is 7.63. The summed E-state index contributed by atoms with van der Waals surface area (Å²) in [4.78, 5) is 18.5. The highest BCUT2D eigenvalue weighted by Gasteiger charge is 2.43. The first kappa shape index (κ1) is 19.4. The Morgan fingerprint density at radius 2 is 1.97 bits per heavy atom. The number of aromatic nitrogens is 3. The van der Waals surface area contributed by atoms with E-state index in [1.54, 1.807) is 17.3 Å². The average Bonchev–Trinajstić information content (AvgIpc) is 3.02. The maximum absolute atomic E-state index is 13.1. The number of nitrogens with zero attached hydrogens (tertiary/aromatic N) is 3. The van der Waals surface area contributed by atoms with E-state index in [2.05, 4.69) is 20.5 Å². The summed E-state index contributed by atoms with van der Waals surface area (Å²) in [7, 11) is 0. The van der Waals surface area contributed by atoms with Gasteiger partial charge in [-0.3, -0.25) is 19.8 Å². The van der Waals surface area contributed by atoms with Crippen LogP contribution in [0, 0.1) is 0 Å². The van der Waals surface area contributed by atoms with Gasteiger partial charge in [0.15, 0.2) is 5.69 Å². The lowest BCUT2D eigenvalue weighted by Crippen LogP contribution is -2.55. The number of benzene rings is 1. The van der Waals surface area contributed by atoms with E-state index in [4.69, 9.17) is 0 Å². The summed E-state index contributed by atoms with van der Waals surface area (Å²) in [6.45, 7) is 5.74. The lowest BCUT2D eigenvalue weighted by molar-refractivity contribution is -0.133. The molecular weight excluding hydrogens is 376 g/mol. The highest BCUT2D eigenvalue weighted by atomic mass is 19.3. The van der Waals surface area contributed by atoms with Crippen molar-refractivity contribution in [2.24, 2.45) is 0 Å². The third-order valence-electron chi connectivity index (χ3n) is 4.71. The topological polar surface area (TPSA) is 73.9 Å². The molecule has 8 heteroatoms. The van der Waals surface area contributed by atoms with Crippen molar-refractivity contribution in [3.8, 4) is 11.1 Å². The van der Waals surface area contributed by atoms with Crippen LogP contribution in [0.5, 0.6) is 0 Å². The zero-order chi connectivity index (χ0) is 20.8. The van der Waals surface area contributed by atoms with E-state index in [1.165, 1.54) is 0 Å². The van der Waals surface area contributed by atoms with Crippen LogP contribution in [0.2, 0.25) is 0 Å².